The fraction of sp³-hybridized carbons (Fsp3) is 0.594. The van der Waals surface area contributed by atoms with E-state index in [0.717, 1.165) is 170 Å². The Morgan fingerprint density at radius 2 is 0.819 bits per heavy atom. The largest absolute Gasteiger partial charge is 0.508 e. The number of hydrogen-bond acceptors (Lipinski definition) is 34. The van der Waals surface area contributed by atoms with Gasteiger partial charge in [0.15, 0.2) is 22.1 Å². The standard InChI is InChI=1S/C71H103N13O17S.C30H52N8O4/c85-55-7-10-58-63(48-55)101-64-49-56(86)8-11-59(64)66(58)57-9-6-54(47-60(57)69(91)92)81-71(102)80-12-2-1-4-61(70(93)94)82-65(88)50-100-43-42-95-33-3-5-62(87)51-44-52(67(89)78-25-34-96-38-40-98-36-31-83-27-21-74-17-13-72-14-18-75-22-28-83)46-53(45-51)68(90)79-26-35-97-39-41-99-37-32-84-29-23-76-19-15-73-16-20-77-24-30-84;1-2-42-21-3-4-28(39)25-22-26(29(40)37-17-13-33-9-5-31-6-10-34-14-18-37)24-27(23-25)30(41)38-19-15-35-11-7-32-8-12-36-16-20-38/h6-11,44-49,61,72-77,85H,1-5,12-43,50H2,(H,78,89)(H,79,90)(H,82,88)(H,91,92)(H,93,94)(H2,80,81,102);22-24,31-36H,2-21H2,1H3. The number of aromatic hydroxyl groups is 1. The van der Waals surface area contributed by atoms with E-state index in [1.165, 1.54) is 48.5 Å². The molecule has 4 fully saturated rings. The number of ketones is 2. The molecule has 5 aliphatic heterocycles. The van der Waals surface area contributed by atoms with Gasteiger partial charge in [0, 0.05) is 343 Å². The number of amides is 5. The molecule has 5 amide bonds. The molecule has 0 saturated carbocycles. The second kappa shape index (κ2) is 70.6. The minimum atomic E-state index is -1.23. The van der Waals surface area contributed by atoms with Gasteiger partial charge in [-0.15, -0.1) is 0 Å². The van der Waals surface area contributed by atoms with E-state index < -0.39 is 42.3 Å². The van der Waals surface area contributed by atoms with E-state index in [1.54, 1.807) is 52.3 Å². The second-order valence-electron chi connectivity index (χ2n) is 35.0. The number of phenolic OH excluding ortho intramolecular Hbond substituents is 1. The quantitative estimate of drug-likeness (QED) is 0.0107. The molecule has 42 nitrogen and oxygen atoms in total. The fourth-order valence-corrected chi connectivity index (χ4v) is 16.4. The van der Waals surface area contributed by atoms with Crippen molar-refractivity contribution in [3.63, 3.8) is 0 Å². The maximum absolute atomic E-state index is 13.9. The van der Waals surface area contributed by atoms with Crippen LogP contribution in [0.3, 0.4) is 0 Å². The lowest BCUT2D eigenvalue weighted by Gasteiger charge is -2.26. The van der Waals surface area contributed by atoms with Crippen LogP contribution in [0.5, 0.6) is 5.75 Å². The van der Waals surface area contributed by atoms with Gasteiger partial charge >= 0.3 is 11.9 Å². The van der Waals surface area contributed by atoms with Gasteiger partial charge in [-0.05, 0) is 130 Å². The van der Waals surface area contributed by atoms with Crippen LogP contribution in [-0.2, 0) is 42.7 Å². The summed E-state index contributed by atoms with van der Waals surface area (Å²) < 4.78 is 45.6. The maximum Gasteiger partial charge on any atom is 0.336 e. The first-order valence-corrected chi connectivity index (χ1v) is 51.4. The third-order valence-corrected chi connectivity index (χ3v) is 24.2. The molecule has 5 heterocycles. The number of carbonyl (C=O) groups is 9. The van der Waals surface area contributed by atoms with Gasteiger partial charge in [-0.1, -0.05) is 6.07 Å². The summed E-state index contributed by atoms with van der Waals surface area (Å²) in [6.45, 7) is 34.5. The van der Waals surface area contributed by atoms with Gasteiger partial charge in [0.2, 0.25) is 5.91 Å². The number of rotatable bonds is 48. The molecular weight excluding hydrogens is 1880 g/mol. The van der Waals surface area contributed by atoms with Crippen molar-refractivity contribution < 1.29 is 96.0 Å². The predicted molar refractivity (Wildman–Crippen MR) is 556 cm³/mol. The number of carbonyl (C=O) groups excluding carboxylic acids is 7. The summed E-state index contributed by atoms with van der Waals surface area (Å²) >= 11 is 5.48. The van der Waals surface area contributed by atoms with E-state index in [1.807, 2.05) is 6.92 Å². The molecule has 1 unspecified atom stereocenters. The summed E-state index contributed by atoms with van der Waals surface area (Å²) in [4.78, 5) is 140. The third kappa shape index (κ3) is 45.9. The lowest BCUT2D eigenvalue weighted by Crippen LogP contribution is -2.44. The fourth-order valence-electron chi connectivity index (χ4n) is 16.2. The van der Waals surface area contributed by atoms with Crippen LogP contribution in [0.25, 0.3) is 33.4 Å². The van der Waals surface area contributed by atoms with Crippen LogP contribution >= 0.6 is 12.2 Å². The Morgan fingerprint density at radius 3 is 1.28 bits per heavy atom. The van der Waals surface area contributed by atoms with Crippen molar-refractivity contribution in [1.29, 1.82) is 0 Å². The Balaban J connectivity index is 0.000000456. The molecule has 1 aliphatic carbocycles. The maximum atomic E-state index is 13.9. The van der Waals surface area contributed by atoms with Crippen molar-refractivity contribution in [2.75, 3.05) is 340 Å². The van der Waals surface area contributed by atoms with Crippen LogP contribution in [0.15, 0.2) is 100 Å². The van der Waals surface area contributed by atoms with Crippen molar-refractivity contribution in [3.05, 3.63) is 140 Å². The molecule has 0 radical (unpaired) electrons. The van der Waals surface area contributed by atoms with E-state index in [4.69, 9.17) is 49.8 Å². The molecule has 1 atom stereocenters. The Morgan fingerprint density at radius 1 is 0.410 bits per heavy atom. The van der Waals surface area contributed by atoms with Crippen molar-refractivity contribution in [3.8, 4) is 28.2 Å². The predicted octanol–water partition coefficient (Wildman–Crippen LogP) is 0.521. The highest BCUT2D eigenvalue weighted by Gasteiger charge is 2.28. The van der Waals surface area contributed by atoms with Crippen LogP contribution in [0.1, 0.15) is 124 Å². The summed E-state index contributed by atoms with van der Waals surface area (Å²) in [7, 11) is 0. The van der Waals surface area contributed by atoms with Gasteiger partial charge in [-0.2, -0.15) is 0 Å². The number of thiocarbonyl (C=S) groups is 1. The monoisotopic (exact) mass is 2030 g/mol. The van der Waals surface area contributed by atoms with Crippen LogP contribution in [0, 0.1) is 0 Å². The molecule has 0 spiro atoms. The highest BCUT2D eigenvalue weighted by Crippen LogP contribution is 2.42. The number of unbranched alkanes of at least 4 members (excludes halogenated alkanes) is 1. The number of anilines is 1. The molecular formula is C101H155N21O21S. The van der Waals surface area contributed by atoms with Gasteiger partial charge in [0.05, 0.1) is 71.6 Å². The Bertz CT molecular complexity index is 4710. The first-order chi connectivity index (χ1) is 70.3. The number of ether oxygens (including phenoxy) is 7. The Labute approximate surface area is 849 Å². The average Bonchev–Trinajstić information content (AvgIpc) is 0.745. The molecule has 144 heavy (non-hydrogen) atoms. The number of carboxylic acids is 2. The summed E-state index contributed by atoms with van der Waals surface area (Å²) in [5.74, 6) is -4.66. The van der Waals surface area contributed by atoms with E-state index in [0.29, 0.717) is 188 Å². The molecule has 4 aromatic rings. The van der Waals surface area contributed by atoms with Crippen molar-refractivity contribution in [1.82, 2.24) is 105 Å². The number of nitrogens with one attached hydrogen (secondary N) is 17. The topological polar surface area (TPSA) is 527 Å². The summed E-state index contributed by atoms with van der Waals surface area (Å²) in [5.41, 5.74) is 3.14. The van der Waals surface area contributed by atoms with Crippen molar-refractivity contribution >= 4 is 87.0 Å². The minimum Gasteiger partial charge on any atom is -0.508 e. The number of Topliss-reactive ketones (excluding diaryl/α,β-unsaturated/α-hetero) is 2. The number of aliphatic carboxylic acids is 1. The number of carboxylic acid groups (broad SMARTS) is 2. The summed E-state index contributed by atoms with van der Waals surface area (Å²) in [6.07, 6.45) is 2.17. The number of fused-ring (bicyclic) bond motifs is 2. The zero-order valence-electron chi connectivity index (χ0n) is 83.6. The van der Waals surface area contributed by atoms with Crippen LogP contribution in [0.2, 0.25) is 0 Å². The molecule has 0 bridgehead atoms. The Hall–Kier alpha value is -10.2. The van der Waals surface area contributed by atoms with Gasteiger partial charge in [-0.25, -0.2) is 9.59 Å². The molecule has 6 aliphatic rings. The Kier molecular flexibility index (Phi) is 57.6. The molecule has 43 heteroatoms. The summed E-state index contributed by atoms with van der Waals surface area (Å²) in [5, 5.41) is 86.2. The number of nitrogens with zero attached hydrogens (tertiary/aromatic N) is 4. The lowest BCUT2D eigenvalue weighted by molar-refractivity contribution is -0.142. The van der Waals surface area contributed by atoms with Crippen molar-refractivity contribution in [2.45, 2.75) is 57.9 Å². The highest BCUT2D eigenvalue weighted by atomic mass is 32.1. The first-order valence-electron chi connectivity index (χ1n) is 51.0. The third-order valence-electron chi connectivity index (χ3n) is 24.0. The molecule has 4 saturated heterocycles. The molecule has 0 aromatic heterocycles. The smallest absolute Gasteiger partial charge is 0.336 e. The van der Waals surface area contributed by atoms with Crippen molar-refractivity contribution in [2.24, 2.45) is 0 Å². The van der Waals surface area contributed by atoms with Crippen LogP contribution in [-0.4, -0.2) is 434 Å². The SMILES string of the molecule is CCOCCCC(=O)c1cc(C(=O)N2CCNCCNCCNCC2)cc(C(=O)N2CCNCCNCCNCC2)c1.O=C(COCCOCCCC(=O)c1cc(C(=O)NCCOCCOCCN2CCNCCNCCNCC2)cc(C(=O)NCCOCCOCCN2CCNCCNCCNCC2)c1)NC(CCCCNC(=S)Nc1ccc(-c2c3ccc(=O)cc-3oc3cc(O)ccc23)c(C(=O)O)c1)C(=O)O. The number of benzene rings is 5. The number of aromatic carboxylic acids is 1. The molecule has 10 rings (SSSR count). The van der Waals surface area contributed by atoms with E-state index >= 15 is 0 Å². The van der Waals surface area contributed by atoms with Crippen LogP contribution < -0.4 is 95.8 Å². The first kappa shape index (κ1) is 117. The molecule has 4 aromatic carbocycles. The normalized spacial score (nSPS) is 16.3. The highest BCUT2D eigenvalue weighted by molar-refractivity contribution is 7.80. The zero-order chi connectivity index (χ0) is 102. The molecule has 20 N–H and O–H groups in total. The summed E-state index contributed by atoms with van der Waals surface area (Å²) in [6, 6.07) is 21.5. The van der Waals surface area contributed by atoms with Crippen LogP contribution in [0.4, 0.5) is 5.69 Å². The average molecular weight is 2030 g/mol. The minimum absolute atomic E-state index is 0.00396. The second-order valence-corrected chi connectivity index (χ2v) is 35.4. The number of phenols is 1. The van der Waals surface area contributed by atoms with Gasteiger partial charge < -0.3 is 153 Å². The van der Waals surface area contributed by atoms with E-state index in [2.05, 4.69) is 100 Å². The lowest BCUT2D eigenvalue weighted by atomic mass is 9.90. The van der Waals surface area contributed by atoms with Gasteiger partial charge in [-0.3, -0.25) is 48.2 Å². The van der Waals surface area contributed by atoms with E-state index in [9.17, 15) is 63.3 Å². The molecule has 796 valence electrons. The van der Waals surface area contributed by atoms with Gasteiger partial charge in [0.25, 0.3) is 23.6 Å². The number of hydrogen-bond donors (Lipinski definition) is 20. The van der Waals surface area contributed by atoms with Gasteiger partial charge in [0.1, 0.15) is 29.7 Å². The van der Waals surface area contributed by atoms with E-state index in [-0.39, 0.29) is 132 Å². The zero-order valence-corrected chi connectivity index (χ0v) is 84.5.